The molecular formula is C11H12O3. The van der Waals surface area contributed by atoms with E-state index < -0.39 is 5.79 Å². The standard InChI is InChI=1S/C11H12O3/c1-7-4-9-10(5-8(7)6-12)14-11(2,3)13-9/h4-6H,1-3H3. The van der Waals surface area contributed by atoms with Crippen molar-refractivity contribution < 1.29 is 14.3 Å². The average Bonchev–Trinajstić information content (AvgIpc) is 2.36. The molecule has 0 atom stereocenters. The number of rotatable bonds is 1. The predicted molar refractivity (Wildman–Crippen MR) is 51.9 cm³/mol. The van der Waals surface area contributed by atoms with Crippen molar-refractivity contribution in [1.29, 1.82) is 0 Å². The molecule has 0 saturated carbocycles. The van der Waals surface area contributed by atoms with Gasteiger partial charge in [-0.3, -0.25) is 4.79 Å². The summed E-state index contributed by atoms with van der Waals surface area (Å²) in [4.78, 5) is 10.7. The fourth-order valence-electron chi connectivity index (χ4n) is 1.51. The zero-order valence-corrected chi connectivity index (χ0v) is 8.46. The van der Waals surface area contributed by atoms with E-state index in [2.05, 4.69) is 0 Å². The molecule has 3 heteroatoms. The first-order valence-electron chi connectivity index (χ1n) is 4.50. The number of ether oxygens (including phenoxy) is 2. The molecule has 1 aliphatic rings. The fraction of sp³-hybridized carbons (Fsp3) is 0.364. The summed E-state index contributed by atoms with van der Waals surface area (Å²) in [5.74, 6) is 0.719. The van der Waals surface area contributed by atoms with Crippen molar-refractivity contribution in [3.63, 3.8) is 0 Å². The molecule has 1 aliphatic heterocycles. The number of hydrogen-bond acceptors (Lipinski definition) is 3. The molecule has 0 saturated heterocycles. The van der Waals surface area contributed by atoms with E-state index in [0.29, 0.717) is 17.1 Å². The molecule has 0 radical (unpaired) electrons. The van der Waals surface area contributed by atoms with Gasteiger partial charge >= 0.3 is 0 Å². The lowest BCUT2D eigenvalue weighted by atomic mass is 10.1. The maximum atomic E-state index is 10.7. The molecule has 0 unspecified atom stereocenters. The van der Waals surface area contributed by atoms with Crippen molar-refractivity contribution in [3.8, 4) is 11.5 Å². The Labute approximate surface area is 82.6 Å². The second kappa shape index (κ2) is 2.74. The van der Waals surface area contributed by atoms with Crippen molar-refractivity contribution in [2.45, 2.75) is 26.6 Å². The summed E-state index contributed by atoms with van der Waals surface area (Å²) in [7, 11) is 0. The minimum absolute atomic E-state index is 0.629. The topological polar surface area (TPSA) is 35.5 Å². The van der Waals surface area contributed by atoms with Crippen LogP contribution in [0.15, 0.2) is 12.1 Å². The summed E-state index contributed by atoms with van der Waals surface area (Å²) in [5, 5.41) is 0. The molecule has 14 heavy (non-hydrogen) atoms. The van der Waals surface area contributed by atoms with Gasteiger partial charge in [0, 0.05) is 19.4 Å². The van der Waals surface area contributed by atoms with E-state index in [0.717, 1.165) is 11.8 Å². The van der Waals surface area contributed by atoms with Gasteiger partial charge < -0.3 is 9.47 Å². The summed E-state index contributed by atoms with van der Waals surface area (Å²) >= 11 is 0. The van der Waals surface area contributed by atoms with E-state index in [1.807, 2.05) is 26.8 Å². The molecule has 2 rings (SSSR count). The van der Waals surface area contributed by atoms with Crippen LogP contribution in [0, 0.1) is 6.92 Å². The molecule has 3 nitrogen and oxygen atoms in total. The number of carbonyl (C=O) groups excluding carboxylic acids is 1. The lowest BCUT2D eigenvalue weighted by Gasteiger charge is -2.16. The highest BCUT2D eigenvalue weighted by atomic mass is 16.7. The van der Waals surface area contributed by atoms with E-state index in [-0.39, 0.29) is 0 Å². The van der Waals surface area contributed by atoms with Gasteiger partial charge in [-0.2, -0.15) is 0 Å². The maximum Gasteiger partial charge on any atom is 0.246 e. The van der Waals surface area contributed by atoms with Crippen LogP contribution in [0.25, 0.3) is 0 Å². The molecule has 1 aromatic rings. The van der Waals surface area contributed by atoms with Gasteiger partial charge in [-0.15, -0.1) is 0 Å². The summed E-state index contributed by atoms with van der Waals surface area (Å²) in [5.41, 5.74) is 1.55. The Kier molecular flexibility index (Phi) is 1.77. The van der Waals surface area contributed by atoms with E-state index in [9.17, 15) is 4.79 Å². The first-order chi connectivity index (χ1) is 6.52. The molecule has 74 valence electrons. The molecule has 0 aromatic heterocycles. The Morgan fingerprint density at radius 3 is 2.36 bits per heavy atom. The van der Waals surface area contributed by atoms with Gasteiger partial charge in [0.1, 0.15) is 6.29 Å². The Hall–Kier alpha value is -1.51. The summed E-state index contributed by atoms with van der Waals surface area (Å²) < 4.78 is 11.0. The van der Waals surface area contributed by atoms with E-state index in [1.165, 1.54) is 0 Å². The Morgan fingerprint density at radius 1 is 1.21 bits per heavy atom. The summed E-state index contributed by atoms with van der Waals surface area (Å²) in [6.45, 7) is 5.55. The first-order valence-corrected chi connectivity index (χ1v) is 4.50. The largest absolute Gasteiger partial charge is 0.449 e. The number of aldehydes is 1. The highest BCUT2D eigenvalue weighted by molar-refractivity contribution is 5.79. The minimum atomic E-state index is -0.629. The van der Waals surface area contributed by atoms with Crippen molar-refractivity contribution in [2.75, 3.05) is 0 Å². The third-order valence-corrected chi connectivity index (χ3v) is 2.17. The smallest absolute Gasteiger partial charge is 0.246 e. The second-order valence-corrected chi connectivity index (χ2v) is 3.88. The predicted octanol–water partition coefficient (Wildman–Crippen LogP) is 2.31. The zero-order valence-electron chi connectivity index (χ0n) is 8.46. The van der Waals surface area contributed by atoms with Crippen molar-refractivity contribution in [2.24, 2.45) is 0 Å². The van der Waals surface area contributed by atoms with Gasteiger partial charge in [-0.1, -0.05) is 0 Å². The lowest BCUT2D eigenvalue weighted by molar-refractivity contribution is -0.0431. The normalized spacial score (nSPS) is 16.8. The number of fused-ring (bicyclic) bond motifs is 1. The first kappa shape index (κ1) is 9.06. The van der Waals surface area contributed by atoms with E-state index >= 15 is 0 Å². The molecule has 0 aliphatic carbocycles. The zero-order chi connectivity index (χ0) is 10.3. The van der Waals surface area contributed by atoms with Gasteiger partial charge in [0.2, 0.25) is 5.79 Å². The van der Waals surface area contributed by atoms with Crippen molar-refractivity contribution >= 4 is 6.29 Å². The molecule has 1 aromatic carbocycles. The monoisotopic (exact) mass is 192 g/mol. The van der Waals surface area contributed by atoms with Gasteiger partial charge in [-0.05, 0) is 24.6 Å². The number of hydrogen-bond donors (Lipinski definition) is 0. The Balaban J connectivity index is 2.49. The molecule has 0 amide bonds. The third-order valence-electron chi connectivity index (χ3n) is 2.17. The van der Waals surface area contributed by atoms with Gasteiger partial charge in [0.25, 0.3) is 0 Å². The Bertz CT molecular complexity index is 394. The SMILES string of the molecule is Cc1cc2c(cc1C=O)OC(C)(C)O2. The van der Waals surface area contributed by atoms with Crippen LogP contribution in [0.5, 0.6) is 11.5 Å². The van der Waals surface area contributed by atoms with Crippen LogP contribution in [0.3, 0.4) is 0 Å². The van der Waals surface area contributed by atoms with Gasteiger partial charge in [0.15, 0.2) is 11.5 Å². The van der Waals surface area contributed by atoms with Crippen LogP contribution < -0.4 is 9.47 Å². The fourth-order valence-corrected chi connectivity index (χ4v) is 1.51. The number of aryl methyl sites for hydroxylation is 1. The van der Waals surface area contributed by atoms with Crippen LogP contribution >= 0.6 is 0 Å². The lowest BCUT2D eigenvalue weighted by Crippen LogP contribution is -2.29. The van der Waals surface area contributed by atoms with Crippen LogP contribution in [0.2, 0.25) is 0 Å². The maximum absolute atomic E-state index is 10.7. The molecule has 0 N–H and O–H groups in total. The van der Waals surface area contributed by atoms with Crippen LogP contribution in [-0.4, -0.2) is 12.1 Å². The molecule has 0 bridgehead atoms. The van der Waals surface area contributed by atoms with Crippen LogP contribution in [0.4, 0.5) is 0 Å². The summed E-state index contributed by atoms with van der Waals surface area (Å²) in [6.07, 6.45) is 0.824. The quantitative estimate of drug-likeness (QED) is 0.640. The van der Waals surface area contributed by atoms with Gasteiger partial charge in [0.05, 0.1) is 0 Å². The van der Waals surface area contributed by atoms with Crippen LogP contribution in [0.1, 0.15) is 29.8 Å². The van der Waals surface area contributed by atoms with Crippen molar-refractivity contribution in [3.05, 3.63) is 23.3 Å². The number of carbonyl (C=O) groups is 1. The molecule has 1 heterocycles. The third kappa shape index (κ3) is 1.35. The molecule has 0 fully saturated rings. The van der Waals surface area contributed by atoms with Crippen LogP contribution in [-0.2, 0) is 0 Å². The second-order valence-electron chi connectivity index (χ2n) is 3.88. The average molecular weight is 192 g/mol. The van der Waals surface area contributed by atoms with Gasteiger partial charge in [-0.25, -0.2) is 0 Å². The summed E-state index contributed by atoms with van der Waals surface area (Å²) in [6, 6.07) is 3.54. The van der Waals surface area contributed by atoms with E-state index in [4.69, 9.17) is 9.47 Å². The highest BCUT2D eigenvalue weighted by Gasteiger charge is 2.32. The Morgan fingerprint density at radius 2 is 1.79 bits per heavy atom. The molecule has 0 spiro atoms. The number of benzene rings is 1. The van der Waals surface area contributed by atoms with Crippen molar-refractivity contribution in [1.82, 2.24) is 0 Å². The van der Waals surface area contributed by atoms with E-state index in [1.54, 1.807) is 6.07 Å². The minimum Gasteiger partial charge on any atom is -0.449 e. The highest BCUT2D eigenvalue weighted by Crippen LogP contribution is 2.40. The molecular weight excluding hydrogens is 180 g/mol.